The van der Waals surface area contributed by atoms with Gasteiger partial charge in [-0.25, -0.2) is 0 Å². The van der Waals surface area contributed by atoms with E-state index in [9.17, 15) is 4.79 Å². The minimum Gasteiger partial charge on any atom is -0.481 e. The molecule has 0 radical (unpaired) electrons. The van der Waals surface area contributed by atoms with Crippen LogP contribution in [0, 0.1) is 0 Å². The van der Waals surface area contributed by atoms with Crippen LogP contribution in [0.25, 0.3) is 0 Å². The van der Waals surface area contributed by atoms with Crippen LogP contribution in [0.1, 0.15) is 44.7 Å². The van der Waals surface area contributed by atoms with E-state index in [0.29, 0.717) is 0 Å². The maximum absolute atomic E-state index is 10.9. The maximum Gasteiger partial charge on any atom is 0.305 e. The molecule has 0 aliphatic carbocycles. The average molecular weight is 263 g/mol. The molecule has 1 saturated heterocycles. The van der Waals surface area contributed by atoms with E-state index in [4.69, 9.17) is 5.11 Å². The van der Waals surface area contributed by atoms with E-state index in [1.165, 1.54) is 0 Å². The number of anilines is 1. The zero-order chi connectivity index (χ0) is 13.7. The third-order valence-electron chi connectivity index (χ3n) is 3.54. The van der Waals surface area contributed by atoms with Gasteiger partial charge in [0.1, 0.15) is 0 Å². The molecule has 1 aliphatic heterocycles. The number of hydrogen-bond acceptors (Lipinski definition) is 4. The quantitative estimate of drug-likeness (QED) is 0.882. The molecule has 1 atom stereocenters. The highest BCUT2D eigenvalue weighted by Crippen LogP contribution is 2.24. The van der Waals surface area contributed by atoms with Crippen LogP contribution in [0.4, 0.5) is 5.82 Å². The van der Waals surface area contributed by atoms with Crippen molar-refractivity contribution in [2.75, 3.05) is 11.4 Å². The Hall–Kier alpha value is -1.65. The molecule has 2 heterocycles. The number of carbonyl (C=O) groups is 1. The van der Waals surface area contributed by atoms with Crippen molar-refractivity contribution in [2.45, 2.75) is 51.5 Å². The van der Waals surface area contributed by atoms with Crippen molar-refractivity contribution in [3.05, 3.63) is 17.8 Å². The Kier molecular flexibility index (Phi) is 4.71. The molecule has 0 saturated carbocycles. The highest BCUT2D eigenvalue weighted by molar-refractivity contribution is 5.68. The van der Waals surface area contributed by atoms with Crippen molar-refractivity contribution in [1.82, 2.24) is 10.2 Å². The van der Waals surface area contributed by atoms with Crippen molar-refractivity contribution in [3.8, 4) is 0 Å². The van der Waals surface area contributed by atoms with E-state index in [2.05, 4.69) is 22.0 Å². The molecular formula is C14H21N3O2. The Labute approximate surface area is 113 Å². The summed E-state index contributed by atoms with van der Waals surface area (Å²) >= 11 is 0. The molecular weight excluding hydrogens is 242 g/mol. The molecule has 19 heavy (non-hydrogen) atoms. The molecule has 5 heteroatoms. The Balaban J connectivity index is 2.10. The summed E-state index contributed by atoms with van der Waals surface area (Å²) in [5.74, 6) is 0.0678. The first-order valence-corrected chi connectivity index (χ1v) is 7.01. The normalized spacial score (nSPS) is 19.4. The minimum absolute atomic E-state index is 0.0533. The highest BCUT2D eigenvalue weighted by atomic mass is 16.4. The van der Waals surface area contributed by atoms with Gasteiger partial charge >= 0.3 is 5.97 Å². The maximum atomic E-state index is 10.9. The summed E-state index contributed by atoms with van der Waals surface area (Å²) in [5.41, 5.74) is 0.998. The van der Waals surface area contributed by atoms with Crippen LogP contribution < -0.4 is 4.90 Å². The van der Waals surface area contributed by atoms with E-state index in [0.717, 1.165) is 50.2 Å². The van der Waals surface area contributed by atoms with E-state index in [1.54, 1.807) is 0 Å². The van der Waals surface area contributed by atoms with E-state index in [1.807, 2.05) is 12.1 Å². The highest BCUT2D eigenvalue weighted by Gasteiger charge is 2.25. The zero-order valence-corrected chi connectivity index (χ0v) is 11.4. The lowest BCUT2D eigenvalue weighted by atomic mass is 9.99. The Bertz CT molecular complexity index is 419. The van der Waals surface area contributed by atoms with Gasteiger partial charge in [-0.15, -0.1) is 5.10 Å². The van der Waals surface area contributed by atoms with E-state index >= 15 is 0 Å². The number of aromatic nitrogens is 2. The second kappa shape index (κ2) is 6.50. The molecule has 1 fully saturated rings. The fourth-order valence-electron chi connectivity index (χ4n) is 2.61. The largest absolute Gasteiger partial charge is 0.481 e. The third kappa shape index (κ3) is 3.66. The van der Waals surface area contributed by atoms with Crippen LogP contribution in [0.5, 0.6) is 0 Å². The number of aliphatic carboxylic acids is 1. The Morgan fingerprint density at radius 3 is 2.89 bits per heavy atom. The lowest BCUT2D eigenvalue weighted by Crippen LogP contribution is -2.41. The van der Waals surface area contributed by atoms with Crippen molar-refractivity contribution in [1.29, 1.82) is 0 Å². The first kappa shape index (κ1) is 13.8. The van der Waals surface area contributed by atoms with Crippen LogP contribution in [0.15, 0.2) is 12.1 Å². The molecule has 0 amide bonds. The van der Waals surface area contributed by atoms with Gasteiger partial charge in [-0.3, -0.25) is 4.79 Å². The number of nitrogens with zero attached hydrogens (tertiary/aromatic N) is 3. The van der Waals surface area contributed by atoms with Crippen molar-refractivity contribution in [3.63, 3.8) is 0 Å². The summed E-state index contributed by atoms with van der Waals surface area (Å²) in [7, 11) is 0. The summed E-state index contributed by atoms with van der Waals surface area (Å²) < 4.78 is 0. The van der Waals surface area contributed by atoms with Gasteiger partial charge in [0, 0.05) is 12.6 Å². The van der Waals surface area contributed by atoms with Crippen LogP contribution in [-0.2, 0) is 11.2 Å². The topological polar surface area (TPSA) is 66.3 Å². The van der Waals surface area contributed by atoms with Gasteiger partial charge in [0.2, 0.25) is 0 Å². The minimum atomic E-state index is -0.743. The van der Waals surface area contributed by atoms with Crippen LogP contribution in [-0.4, -0.2) is 33.9 Å². The standard InChI is InChI=1S/C14H21N3O2/c1-2-5-11-7-8-13(16-15-11)17-9-4-3-6-12(17)10-14(18)19/h7-8,12H,2-6,9-10H2,1H3,(H,18,19). The fourth-order valence-corrected chi connectivity index (χ4v) is 2.61. The number of hydrogen-bond donors (Lipinski definition) is 1. The SMILES string of the molecule is CCCc1ccc(N2CCCCC2CC(=O)O)nn1. The van der Waals surface area contributed by atoms with Crippen LogP contribution in [0.2, 0.25) is 0 Å². The average Bonchev–Trinajstić information content (AvgIpc) is 2.40. The molecule has 5 nitrogen and oxygen atoms in total. The summed E-state index contributed by atoms with van der Waals surface area (Å²) in [4.78, 5) is 13.0. The number of carboxylic acid groups (broad SMARTS) is 1. The zero-order valence-electron chi connectivity index (χ0n) is 11.4. The molecule has 2 rings (SSSR count). The number of rotatable bonds is 5. The number of aryl methyl sites for hydroxylation is 1. The molecule has 1 N–H and O–H groups in total. The predicted molar refractivity (Wildman–Crippen MR) is 73.3 cm³/mol. The van der Waals surface area contributed by atoms with Gasteiger partial charge in [-0.05, 0) is 37.8 Å². The first-order valence-electron chi connectivity index (χ1n) is 7.01. The van der Waals surface area contributed by atoms with Crippen molar-refractivity contribution in [2.24, 2.45) is 0 Å². The Morgan fingerprint density at radius 1 is 1.42 bits per heavy atom. The molecule has 104 valence electrons. The van der Waals surface area contributed by atoms with E-state index in [-0.39, 0.29) is 12.5 Å². The fraction of sp³-hybridized carbons (Fsp3) is 0.643. The molecule has 0 bridgehead atoms. The first-order chi connectivity index (χ1) is 9.20. The van der Waals surface area contributed by atoms with Gasteiger partial charge in [0.15, 0.2) is 5.82 Å². The van der Waals surface area contributed by atoms with Gasteiger partial charge in [-0.1, -0.05) is 13.3 Å². The van der Waals surface area contributed by atoms with Gasteiger partial charge in [0.25, 0.3) is 0 Å². The summed E-state index contributed by atoms with van der Waals surface area (Å²) in [6.07, 6.45) is 5.28. The lowest BCUT2D eigenvalue weighted by Gasteiger charge is -2.35. The Morgan fingerprint density at radius 2 is 2.26 bits per heavy atom. The lowest BCUT2D eigenvalue weighted by molar-refractivity contribution is -0.137. The third-order valence-corrected chi connectivity index (χ3v) is 3.54. The van der Waals surface area contributed by atoms with E-state index < -0.39 is 5.97 Å². The van der Waals surface area contributed by atoms with Gasteiger partial charge in [0.05, 0.1) is 12.1 Å². The molecule has 1 aromatic rings. The van der Waals surface area contributed by atoms with Crippen LogP contribution >= 0.6 is 0 Å². The molecule has 1 aliphatic rings. The van der Waals surface area contributed by atoms with Crippen molar-refractivity contribution >= 4 is 11.8 Å². The second-order valence-corrected chi connectivity index (χ2v) is 5.07. The number of carboxylic acids is 1. The molecule has 1 aromatic heterocycles. The summed E-state index contributed by atoms with van der Waals surface area (Å²) in [6.45, 7) is 2.99. The summed E-state index contributed by atoms with van der Waals surface area (Å²) in [5, 5.41) is 17.5. The molecule has 1 unspecified atom stereocenters. The van der Waals surface area contributed by atoms with Gasteiger partial charge in [-0.2, -0.15) is 5.10 Å². The van der Waals surface area contributed by atoms with Crippen molar-refractivity contribution < 1.29 is 9.90 Å². The predicted octanol–water partition coefficient (Wildman–Crippen LogP) is 2.26. The van der Waals surface area contributed by atoms with Crippen LogP contribution in [0.3, 0.4) is 0 Å². The molecule has 0 spiro atoms. The second-order valence-electron chi connectivity index (χ2n) is 5.07. The van der Waals surface area contributed by atoms with Gasteiger partial charge < -0.3 is 10.0 Å². The smallest absolute Gasteiger partial charge is 0.305 e. The monoisotopic (exact) mass is 263 g/mol. The molecule has 0 aromatic carbocycles. The summed E-state index contributed by atoms with van der Waals surface area (Å²) in [6, 6.07) is 4.02. The number of piperidine rings is 1.